The SMILES string of the molecule is O=C(NN=Cc1ccc2c(c1)OCO2)c1ccc(NCc2ccc3c(c2)OCO3)cc1. The fourth-order valence-corrected chi connectivity index (χ4v) is 3.22. The lowest BCUT2D eigenvalue weighted by molar-refractivity contribution is 0.0955. The summed E-state index contributed by atoms with van der Waals surface area (Å²) in [4.78, 5) is 12.3. The molecule has 2 N–H and O–H groups in total. The van der Waals surface area contributed by atoms with E-state index in [9.17, 15) is 4.79 Å². The van der Waals surface area contributed by atoms with Crippen molar-refractivity contribution in [3.05, 3.63) is 77.4 Å². The number of carbonyl (C=O) groups is 1. The van der Waals surface area contributed by atoms with E-state index in [-0.39, 0.29) is 19.5 Å². The van der Waals surface area contributed by atoms with Gasteiger partial charge >= 0.3 is 0 Å². The van der Waals surface area contributed by atoms with Gasteiger partial charge in [-0.3, -0.25) is 4.79 Å². The molecule has 0 radical (unpaired) electrons. The molecule has 2 aliphatic heterocycles. The first-order chi connectivity index (χ1) is 15.2. The molecular formula is C23H19N3O5. The number of anilines is 1. The minimum Gasteiger partial charge on any atom is -0.454 e. The molecule has 0 saturated heterocycles. The lowest BCUT2D eigenvalue weighted by atomic mass is 10.1. The number of hydrogen-bond acceptors (Lipinski definition) is 7. The zero-order chi connectivity index (χ0) is 21.0. The molecular weight excluding hydrogens is 398 g/mol. The summed E-state index contributed by atoms with van der Waals surface area (Å²) >= 11 is 0. The Balaban J connectivity index is 1.14. The molecule has 8 heteroatoms. The summed E-state index contributed by atoms with van der Waals surface area (Å²) in [6.45, 7) is 1.10. The van der Waals surface area contributed by atoms with Gasteiger partial charge in [-0.25, -0.2) is 5.43 Å². The lowest BCUT2D eigenvalue weighted by Gasteiger charge is -2.08. The number of nitrogens with zero attached hydrogens (tertiary/aromatic N) is 1. The van der Waals surface area contributed by atoms with Gasteiger partial charge in [-0.1, -0.05) is 6.07 Å². The Kier molecular flexibility index (Phi) is 5.02. The van der Waals surface area contributed by atoms with E-state index in [4.69, 9.17) is 18.9 Å². The Hall–Kier alpha value is -4.20. The third kappa shape index (κ3) is 4.23. The van der Waals surface area contributed by atoms with E-state index in [0.717, 1.165) is 28.3 Å². The maximum atomic E-state index is 12.3. The summed E-state index contributed by atoms with van der Waals surface area (Å²) in [5, 5.41) is 7.34. The van der Waals surface area contributed by atoms with E-state index < -0.39 is 0 Å². The van der Waals surface area contributed by atoms with Gasteiger partial charge in [0, 0.05) is 17.8 Å². The van der Waals surface area contributed by atoms with Crippen molar-refractivity contribution in [1.29, 1.82) is 0 Å². The molecule has 1 amide bonds. The highest BCUT2D eigenvalue weighted by Gasteiger charge is 2.14. The molecule has 0 aliphatic carbocycles. The van der Waals surface area contributed by atoms with Gasteiger partial charge in [0.25, 0.3) is 5.91 Å². The van der Waals surface area contributed by atoms with Crippen LogP contribution >= 0.6 is 0 Å². The van der Waals surface area contributed by atoms with Gasteiger partial charge in [0.05, 0.1) is 6.21 Å². The molecule has 2 aliphatic rings. The van der Waals surface area contributed by atoms with Gasteiger partial charge in [0.1, 0.15) is 0 Å². The van der Waals surface area contributed by atoms with Crippen LogP contribution in [0.2, 0.25) is 0 Å². The summed E-state index contributed by atoms with van der Waals surface area (Å²) in [6.07, 6.45) is 1.56. The smallest absolute Gasteiger partial charge is 0.271 e. The molecule has 0 aromatic heterocycles. The minimum atomic E-state index is -0.292. The third-order valence-electron chi connectivity index (χ3n) is 4.86. The van der Waals surface area contributed by atoms with E-state index in [1.54, 1.807) is 30.5 Å². The standard InChI is InChI=1S/C23H19N3O5/c27-23(26-25-12-16-2-8-20-22(10-16)31-14-29-20)17-3-5-18(6-4-17)24-11-15-1-7-19-21(9-15)30-13-28-19/h1-10,12,24H,11,13-14H2,(H,26,27). The molecule has 0 unspecified atom stereocenters. The average Bonchev–Trinajstić information content (AvgIpc) is 3.46. The third-order valence-corrected chi connectivity index (χ3v) is 4.86. The molecule has 0 bridgehead atoms. The quantitative estimate of drug-likeness (QED) is 0.471. The molecule has 0 fully saturated rings. The van der Waals surface area contributed by atoms with Crippen molar-refractivity contribution >= 4 is 17.8 Å². The van der Waals surface area contributed by atoms with Crippen molar-refractivity contribution in [3.63, 3.8) is 0 Å². The number of ether oxygens (including phenoxy) is 4. The van der Waals surface area contributed by atoms with Crippen molar-refractivity contribution in [2.75, 3.05) is 18.9 Å². The maximum absolute atomic E-state index is 12.3. The van der Waals surface area contributed by atoms with Crippen LogP contribution in [0.25, 0.3) is 0 Å². The Labute approximate surface area is 178 Å². The van der Waals surface area contributed by atoms with Crippen molar-refractivity contribution in [1.82, 2.24) is 5.43 Å². The number of carbonyl (C=O) groups excluding carboxylic acids is 1. The van der Waals surface area contributed by atoms with Crippen LogP contribution in [0.4, 0.5) is 5.69 Å². The Morgan fingerprint density at radius 3 is 2.29 bits per heavy atom. The average molecular weight is 417 g/mol. The molecule has 8 nitrogen and oxygen atoms in total. The van der Waals surface area contributed by atoms with E-state index in [1.807, 2.05) is 36.4 Å². The molecule has 31 heavy (non-hydrogen) atoms. The zero-order valence-electron chi connectivity index (χ0n) is 16.5. The first kappa shape index (κ1) is 18.8. The van der Waals surface area contributed by atoms with Gasteiger partial charge in [-0.15, -0.1) is 0 Å². The molecule has 3 aromatic rings. The van der Waals surface area contributed by atoms with Crippen LogP contribution in [0, 0.1) is 0 Å². The van der Waals surface area contributed by atoms with Crippen LogP contribution < -0.4 is 29.7 Å². The summed E-state index contributed by atoms with van der Waals surface area (Å²) in [5.41, 5.74) is 5.81. The number of benzene rings is 3. The summed E-state index contributed by atoms with van der Waals surface area (Å²) in [7, 11) is 0. The van der Waals surface area contributed by atoms with Crippen LogP contribution in [-0.2, 0) is 6.54 Å². The van der Waals surface area contributed by atoms with Crippen LogP contribution in [0.3, 0.4) is 0 Å². The van der Waals surface area contributed by atoms with Crippen molar-refractivity contribution in [3.8, 4) is 23.0 Å². The van der Waals surface area contributed by atoms with Gasteiger partial charge in [0.15, 0.2) is 23.0 Å². The Morgan fingerprint density at radius 2 is 1.52 bits per heavy atom. The van der Waals surface area contributed by atoms with Gasteiger partial charge in [-0.05, 0) is 65.7 Å². The molecule has 156 valence electrons. The summed E-state index contributed by atoms with van der Waals surface area (Å²) < 4.78 is 21.3. The Bertz CT molecular complexity index is 1140. The van der Waals surface area contributed by atoms with Crippen molar-refractivity contribution in [2.24, 2.45) is 5.10 Å². The number of amides is 1. The second-order valence-corrected chi connectivity index (χ2v) is 6.93. The number of hydrazone groups is 1. The lowest BCUT2D eigenvalue weighted by Crippen LogP contribution is -2.17. The van der Waals surface area contributed by atoms with Gasteiger partial charge < -0.3 is 24.3 Å². The highest BCUT2D eigenvalue weighted by molar-refractivity contribution is 5.95. The molecule has 0 atom stereocenters. The number of rotatable bonds is 6. The molecule has 5 rings (SSSR count). The largest absolute Gasteiger partial charge is 0.454 e. The molecule has 0 saturated carbocycles. The summed E-state index contributed by atoms with van der Waals surface area (Å²) in [6, 6.07) is 18.5. The van der Waals surface area contributed by atoms with Crippen LogP contribution in [0.1, 0.15) is 21.5 Å². The van der Waals surface area contributed by atoms with Crippen LogP contribution in [0.5, 0.6) is 23.0 Å². The topological polar surface area (TPSA) is 90.4 Å². The Morgan fingerprint density at radius 1 is 0.839 bits per heavy atom. The van der Waals surface area contributed by atoms with E-state index in [2.05, 4.69) is 15.8 Å². The normalized spacial score (nSPS) is 13.4. The predicted octanol–water partition coefficient (Wildman–Crippen LogP) is 3.52. The van der Waals surface area contributed by atoms with E-state index in [1.165, 1.54) is 0 Å². The number of nitrogens with one attached hydrogen (secondary N) is 2. The second kappa shape index (κ2) is 8.27. The first-order valence-electron chi connectivity index (χ1n) is 9.70. The highest BCUT2D eigenvalue weighted by Crippen LogP contribution is 2.33. The zero-order valence-corrected chi connectivity index (χ0v) is 16.5. The van der Waals surface area contributed by atoms with Crippen LogP contribution in [-0.4, -0.2) is 25.7 Å². The second-order valence-electron chi connectivity index (χ2n) is 6.93. The number of hydrogen-bond donors (Lipinski definition) is 2. The van der Waals surface area contributed by atoms with Gasteiger partial charge in [-0.2, -0.15) is 5.10 Å². The van der Waals surface area contributed by atoms with E-state index >= 15 is 0 Å². The van der Waals surface area contributed by atoms with Gasteiger partial charge in [0.2, 0.25) is 13.6 Å². The predicted molar refractivity (Wildman–Crippen MR) is 114 cm³/mol. The molecule has 0 spiro atoms. The van der Waals surface area contributed by atoms with Crippen molar-refractivity contribution in [2.45, 2.75) is 6.54 Å². The van der Waals surface area contributed by atoms with E-state index in [0.29, 0.717) is 23.6 Å². The molecule has 2 heterocycles. The van der Waals surface area contributed by atoms with Crippen molar-refractivity contribution < 1.29 is 23.7 Å². The van der Waals surface area contributed by atoms with Crippen LogP contribution in [0.15, 0.2) is 65.8 Å². The highest BCUT2D eigenvalue weighted by atomic mass is 16.7. The fraction of sp³-hybridized carbons (Fsp3) is 0.130. The monoisotopic (exact) mass is 417 g/mol. The minimum absolute atomic E-state index is 0.216. The fourth-order valence-electron chi connectivity index (χ4n) is 3.22. The number of fused-ring (bicyclic) bond motifs is 2. The maximum Gasteiger partial charge on any atom is 0.271 e. The first-order valence-corrected chi connectivity index (χ1v) is 9.70. The summed E-state index contributed by atoms with van der Waals surface area (Å²) in [5.74, 6) is 2.60. The molecule has 3 aromatic carbocycles.